The highest BCUT2D eigenvalue weighted by atomic mass is 127. The number of guanidine groups is 1. The first kappa shape index (κ1) is 21.8. The predicted octanol–water partition coefficient (Wildman–Crippen LogP) is 3.30. The number of nitrogens with one attached hydrogen (secondary N) is 2. The fourth-order valence-corrected chi connectivity index (χ4v) is 2.85. The topological polar surface area (TPSA) is 54.2 Å². The molecule has 0 unspecified atom stereocenters. The second-order valence-corrected chi connectivity index (χ2v) is 6.22. The Labute approximate surface area is 169 Å². The number of imidazole rings is 1. The average molecular weight is 477 g/mol. The SMILES string of the molecule is CCNC(=NCc1ccc(F)cc1CSC)NCc1nccn1C.I. The molecular weight excluding hydrogens is 452 g/mol. The van der Waals surface area contributed by atoms with Crippen molar-refractivity contribution in [1.29, 1.82) is 0 Å². The lowest BCUT2D eigenvalue weighted by Crippen LogP contribution is -2.37. The second kappa shape index (κ2) is 11.3. The molecule has 25 heavy (non-hydrogen) atoms. The Balaban J connectivity index is 0.00000312. The molecular formula is C17H25FIN5S. The van der Waals surface area contributed by atoms with Crippen LogP contribution in [-0.4, -0.2) is 28.3 Å². The van der Waals surface area contributed by atoms with E-state index < -0.39 is 0 Å². The monoisotopic (exact) mass is 477 g/mol. The molecule has 0 saturated heterocycles. The van der Waals surface area contributed by atoms with Gasteiger partial charge in [-0.25, -0.2) is 14.4 Å². The number of aromatic nitrogens is 2. The van der Waals surface area contributed by atoms with E-state index in [-0.39, 0.29) is 29.8 Å². The van der Waals surface area contributed by atoms with Crippen molar-refractivity contribution >= 4 is 41.7 Å². The van der Waals surface area contributed by atoms with Gasteiger partial charge in [0, 0.05) is 31.7 Å². The van der Waals surface area contributed by atoms with Crippen LogP contribution in [0.3, 0.4) is 0 Å². The molecule has 2 N–H and O–H groups in total. The Morgan fingerprint density at radius 3 is 2.76 bits per heavy atom. The Morgan fingerprint density at radius 1 is 1.32 bits per heavy atom. The minimum atomic E-state index is -0.202. The number of nitrogens with zero attached hydrogens (tertiary/aromatic N) is 3. The normalized spacial score (nSPS) is 11.1. The molecule has 1 aromatic heterocycles. The van der Waals surface area contributed by atoms with Crippen LogP contribution in [0, 0.1) is 5.82 Å². The number of hydrogen-bond acceptors (Lipinski definition) is 3. The molecule has 8 heteroatoms. The predicted molar refractivity (Wildman–Crippen MR) is 114 cm³/mol. The highest BCUT2D eigenvalue weighted by molar-refractivity contribution is 14.0. The lowest BCUT2D eigenvalue weighted by atomic mass is 10.1. The number of hydrogen-bond donors (Lipinski definition) is 2. The summed E-state index contributed by atoms with van der Waals surface area (Å²) in [5.74, 6) is 2.23. The van der Waals surface area contributed by atoms with Crippen LogP contribution in [0.1, 0.15) is 23.9 Å². The molecule has 0 radical (unpaired) electrons. The summed E-state index contributed by atoms with van der Waals surface area (Å²) in [4.78, 5) is 8.90. The number of aliphatic imine (C=N–C) groups is 1. The average Bonchev–Trinajstić information content (AvgIpc) is 2.97. The molecule has 0 saturated carbocycles. The van der Waals surface area contributed by atoms with Crippen LogP contribution < -0.4 is 10.6 Å². The van der Waals surface area contributed by atoms with Gasteiger partial charge in [0.15, 0.2) is 5.96 Å². The molecule has 0 aliphatic heterocycles. The van der Waals surface area contributed by atoms with Gasteiger partial charge in [0.1, 0.15) is 11.6 Å². The van der Waals surface area contributed by atoms with E-state index in [0.29, 0.717) is 13.1 Å². The zero-order chi connectivity index (χ0) is 17.4. The lowest BCUT2D eigenvalue weighted by molar-refractivity contribution is 0.625. The van der Waals surface area contributed by atoms with Crippen molar-refractivity contribution in [3.63, 3.8) is 0 Å². The summed E-state index contributed by atoms with van der Waals surface area (Å²) in [7, 11) is 1.96. The van der Waals surface area contributed by atoms with E-state index in [9.17, 15) is 4.39 Å². The summed E-state index contributed by atoms with van der Waals surface area (Å²) in [6, 6.07) is 4.89. The van der Waals surface area contributed by atoms with Crippen molar-refractivity contribution in [3.05, 3.63) is 53.4 Å². The van der Waals surface area contributed by atoms with E-state index in [0.717, 1.165) is 35.2 Å². The molecule has 2 rings (SSSR count). The summed E-state index contributed by atoms with van der Waals surface area (Å²) in [5, 5.41) is 6.49. The Kier molecular flexibility index (Phi) is 9.88. The van der Waals surface area contributed by atoms with E-state index in [2.05, 4.69) is 20.6 Å². The molecule has 138 valence electrons. The van der Waals surface area contributed by atoms with Crippen molar-refractivity contribution in [2.45, 2.75) is 25.8 Å². The molecule has 0 fully saturated rings. The minimum absolute atomic E-state index is 0. The fourth-order valence-electron chi connectivity index (χ4n) is 2.27. The fraction of sp³-hybridized carbons (Fsp3) is 0.412. The smallest absolute Gasteiger partial charge is 0.191 e. The van der Waals surface area contributed by atoms with Gasteiger partial charge < -0.3 is 15.2 Å². The van der Waals surface area contributed by atoms with E-state index in [1.165, 1.54) is 6.07 Å². The maximum atomic E-state index is 13.4. The first-order valence-electron chi connectivity index (χ1n) is 7.88. The van der Waals surface area contributed by atoms with Crippen LogP contribution in [0.2, 0.25) is 0 Å². The standard InChI is InChI=1S/C17H24FN5S.HI/c1-4-19-17(22-11-16-20-7-8-23(16)2)21-10-13-5-6-15(18)9-14(13)12-24-3;/h5-9H,4,10-12H2,1-3H3,(H2,19,21,22);1H. The number of aryl methyl sites for hydroxylation is 1. The zero-order valence-electron chi connectivity index (χ0n) is 14.8. The molecule has 0 amide bonds. The number of benzene rings is 1. The van der Waals surface area contributed by atoms with Crippen molar-refractivity contribution in [2.24, 2.45) is 12.0 Å². The van der Waals surface area contributed by atoms with Gasteiger partial charge >= 0.3 is 0 Å². The van der Waals surface area contributed by atoms with Crippen LogP contribution in [0.5, 0.6) is 0 Å². The Bertz CT molecular complexity index is 689. The van der Waals surface area contributed by atoms with Gasteiger partial charge in [-0.1, -0.05) is 6.07 Å². The highest BCUT2D eigenvalue weighted by Gasteiger charge is 2.05. The maximum absolute atomic E-state index is 13.4. The molecule has 0 atom stereocenters. The number of rotatable bonds is 7. The minimum Gasteiger partial charge on any atom is -0.357 e. The molecule has 0 aliphatic carbocycles. The van der Waals surface area contributed by atoms with E-state index in [4.69, 9.17) is 0 Å². The van der Waals surface area contributed by atoms with Crippen molar-refractivity contribution in [3.8, 4) is 0 Å². The van der Waals surface area contributed by atoms with Crippen molar-refractivity contribution in [2.75, 3.05) is 12.8 Å². The van der Waals surface area contributed by atoms with Crippen LogP contribution in [0.25, 0.3) is 0 Å². The number of thioether (sulfide) groups is 1. The van der Waals surface area contributed by atoms with E-state index >= 15 is 0 Å². The summed E-state index contributed by atoms with van der Waals surface area (Å²) in [6.45, 7) is 3.89. The molecule has 0 spiro atoms. The quantitative estimate of drug-likeness (QED) is 0.365. The third-order valence-corrected chi connectivity index (χ3v) is 4.15. The molecule has 0 aliphatic rings. The van der Waals surface area contributed by atoms with Gasteiger partial charge in [0.25, 0.3) is 0 Å². The van der Waals surface area contributed by atoms with Gasteiger partial charge in [-0.3, -0.25) is 0 Å². The lowest BCUT2D eigenvalue weighted by Gasteiger charge is -2.12. The first-order valence-corrected chi connectivity index (χ1v) is 9.28. The number of halogens is 2. The van der Waals surface area contributed by atoms with E-state index in [1.807, 2.05) is 37.1 Å². The van der Waals surface area contributed by atoms with Gasteiger partial charge in [0.2, 0.25) is 0 Å². The molecule has 1 aromatic carbocycles. The zero-order valence-corrected chi connectivity index (χ0v) is 17.9. The van der Waals surface area contributed by atoms with Crippen LogP contribution in [0.15, 0.2) is 35.6 Å². The van der Waals surface area contributed by atoms with Gasteiger partial charge in [-0.05, 0) is 36.4 Å². The molecule has 1 heterocycles. The summed E-state index contributed by atoms with van der Waals surface area (Å²) in [6.07, 6.45) is 5.69. The van der Waals surface area contributed by atoms with Gasteiger partial charge in [-0.2, -0.15) is 11.8 Å². The molecule has 2 aromatic rings. The third-order valence-electron chi connectivity index (χ3n) is 3.55. The Hall–Kier alpha value is -1.29. The third kappa shape index (κ3) is 6.85. The summed E-state index contributed by atoms with van der Waals surface area (Å²) in [5.41, 5.74) is 2.03. The first-order chi connectivity index (χ1) is 11.6. The molecule has 0 bridgehead atoms. The van der Waals surface area contributed by atoms with Gasteiger partial charge in [0.05, 0.1) is 13.1 Å². The van der Waals surface area contributed by atoms with Crippen molar-refractivity contribution < 1.29 is 4.39 Å². The largest absolute Gasteiger partial charge is 0.357 e. The second-order valence-electron chi connectivity index (χ2n) is 5.35. The highest BCUT2D eigenvalue weighted by Crippen LogP contribution is 2.17. The van der Waals surface area contributed by atoms with Crippen LogP contribution >= 0.6 is 35.7 Å². The van der Waals surface area contributed by atoms with Crippen LogP contribution in [0.4, 0.5) is 4.39 Å². The van der Waals surface area contributed by atoms with Gasteiger partial charge in [-0.15, -0.1) is 24.0 Å². The summed E-state index contributed by atoms with van der Waals surface area (Å²) >= 11 is 1.67. The Morgan fingerprint density at radius 2 is 2.12 bits per heavy atom. The van der Waals surface area contributed by atoms with Crippen molar-refractivity contribution in [1.82, 2.24) is 20.2 Å². The maximum Gasteiger partial charge on any atom is 0.191 e. The van der Waals surface area contributed by atoms with Crippen LogP contribution in [-0.2, 0) is 25.9 Å². The summed E-state index contributed by atoms with van der Waals surface area (Å²) < 4.78 is 15.4. The van der Waals surface area contributed by atoms with E-state index in [1.54, 1.807) is 24.0 Å². The molecule has 5 nitrogen and oxygen atoms in total.